The lowest BCUT2D eigenvalue weighted by Gasteiger charge is -2.08. The zero-order valence-electron chi connectivity index (χ0n) is 11.6. The first-order valence-electron chi connectivity index (χ1n) is 6.57. The summed E-state index contributed by atoms with van der Waals surface area (Å²) < 4.78 is 10.2. The molecule has 0 bridgehead atoms. The van der Waals surface area contributed by atoms with E-state index in [1.54, 1.807) is 6.07 Å². The fraction of sp³-hybridized carbons (Fsp3) is 0.500. The second kappa shape index (κ2) is 7.27. The van der Waals surface area contributed by atoms with Crippen molar-refractivity contribution in [3.63, 3.8) is 0 Å². The van der Waals surface area contributed by atoms with Crippen LogP contribution in [0.5, 0.6) is 6.01 Å². The van der Waals surface area contributed by atoms with E-state index in [9.17, 15) is 0 Å². The number of nitrogens with zero attached hydrogens (tertiary/aromatic N) is 4. The first-order chi connectivity index (χ1) is 9.81. The lowest BCUT2D eigenvalue weighted by atomic mass is 10.4. The van der Waals surface area contributed by atoms with Crippen molar-refractivity contribution in [2.75, 3.05) is 23.8 Å². The summed E-state index contributed by atoms with van der Waals surface area (Å²) in [4.78, 5) is 12.6. The van der Waals surface area contributed by atoms with Gasteiger partial charge in [-0.3, -0.25) is 0 Å². The van der Waals surface area contributed by atoms with Crippen molar-refractivity contribution < 1.29 is 9.26 Å². The van der Waals surface area contributed by atoms with E-state index in [-0.39, 0.29) is 0 Å². The Balaban J connectivity index is 2.06. The maximum atomic E-state index is 5.44. The highest BCUT2D eigenvalue weighted by Crippen LogP contribution is 2.12. The lowest BCUT2D eigenvalue weighted by Crippen LogP contribution is -2.11. The van der Waals surface area contributed by atoms with Crippen LogP contribution in [0.15, 0.2) is 16.9 Å². The van der Waals surface area contributed by atoms with E-state index in [1.165, 1.54) is 6.26 Å². The number of rotatable bonds is 8. The van der Waals surface area contributed by atoms with E-state index < -0.39 is 0 Å². The van der Waals surface area contributed by atoms with Gasteiger partial charge in [0.05, 0.1) is 13.2 Å². The molecule has 2 heterocycles. The minimum atomic E-state index is 0.306. The molecule has 2 aromatic heterocycles. The largest absolute Gasteiger partial charge is 0.463 e. The van der Waals surface area contributed by atoms with Crippen LogP contribution in [0.2, 0.25) is 0 Å². The molecule has 0 aliphatic carbocycles. The Morgan fingerprint density at radius 3 is 2.60 bits per heavy atom. The average molecular weight is 278 g/mol. The third-order valence-electron chi connectivity index (χ3n) is 2.30. The van der Waals surface area contributed by atoms with Crippen molar-refractivity contribution in [3.8, 4) is 6.01 Å². The molecule has 2 aromatic rings. The molecule has 8 heteroatoms. The molecule has 2 rings (SSSR count). The van der Waals surface area contributed by atoms with Crippen molar-refractivity contribution in [1.29, 1.82) is 0 Å². The maximum absolute atomic E-state index is 5.44. The summed E-state index contributed by atoms with van der Waals surface area (Å²) in [5.74, 6) is 0.918. The highest BCUT2D eigenvalue weighted by atomic mass is 16.5. The van der Waals surface area contributed by atoms with Gasteiger partial charge in [-0.25, -0.2) is 0 Å². The molecule has 0 aliphatic heterocycles. The molecule has 8 nitrogen and oxygen atoms in total. The minimum absolute atomic E-state index is 0.306. The molecule has 0 radical (unpaired) electrons. The van der Waals surface area contributed by atoms with Crippen LogP contribution in [0.3, 0.4) is 0 Å². The van der Waals surface area contributed by atoms with E-state index in [0.29, 0.717) is 31.1 Å². The molecule has 0 aromatic carbocycles. The molecule has 108 valence electrons. The molecule has 0 saturated carbocycles. The molecule has 0 saturated heterocycles. The van der Waals surface area contributed by atoms with Crippen LogP contribution in [0, 0.1) is 0 Å². The van der Waals surface area contributed by atoms with Gasteiger partial charge >= 0.3 is 6.01 Å². The number of hydrogen-bond acceptors (Lipinski definition) is 8. The standard InChI is InChI=1S/C12H18N6O2/c1-3-6-19-12-16-10(13-4-2)15-11(17-12)14-8-9-5-7-20-18-9/h5,7H,3-4,6,8H2,1-2H3,(H2,13,14,15,16,17). The summed E-state index contributed by atoms with van der Waals surface area (Å²) in [6, 6.07) is 2.08. The smallest absolute Gasteiger partial charge is 0.323 e. The zero-order chi connectivity index (χ0) is 14.2. The van der Waals surface area contributed by atoms with Crippen molar-refractivity contribution >= 4 is 11.9 Å². The summed E-state index contributed by atoms with van der Waals surface area (Å²) in [5.41, 5.74) is 0.770. The summed E-state index contributed by atoms with van der Waals surface area (Å²) in [6.07, 6.45) is 2.41. The predicted molar refractivity (Wildman–Crippen MR) is 73.6 cm³/mol. The number of nitrogens with one attached hydrogen (secondary N) is 2. The SMILES string of the molecule is CCCOc1nc(NCC)nc(NCc2ccon2)n1. The second-order valence-corrected chi connectivity index (χ2v) is 3.99. The van der Waals surface area contributed by atoms with Gasteiger partial charge in [0, 0.05) is 12.6 Å². The molecular formula is C12H18N6O2. The van der Waals surface area contributed by atoms with E-state index in [4.69, 9.17) is 9.26 Å². The number of anilines is 2. The van der Waals surface area contributed by atoms with Crippen molar-refractivity contribution in [2.45, 2.75) is 26.8 Å². The molecule has 0 aliphatic rings. The van der Waals surface area contributed by atoms with Gasteiger partial charge < -0.3 is 19.9 Å². The number of aromatic nitrogens is 4. The summed E-state index contributed by atoms with van der Waals surface area (Å²) in [7, 11) is 0. The summed E-state index contributed by atoms with van der Waals surface area (Å²) in [6.45, 7) is 5.76. The topological polar surface area (TPSA) is 98.0 Å². The third kappa shape index (κ3) is 4.08. The molecule has 0 unspecified atom stereocenters. The van der Waals surface area contributed by atoms with Gasteiger partial charge in [0.25, 0.3) is 0 Å². The first-order valence-corrected chi connectivity index (χ1v) is 6.57. The van der Waals surface area contributed by atoms with Crippen LogP contribution in [0.4, 0.5) is 11.9 Å². The Bertz CT molecular complexity index is 517. The molecule has 2 N–H and O–H groups in total. The van der Waals surface area contributed by atoms with Crippen LogP contribution in [0.1, 0.15) is 26.0 Å². The fourth-order valence-electron chi connectivity index (χ4n) is 1.43. The molecule has 0 fully saturated rings. The van der Waals surface area contributed by atoms with Gasteiger partial charge in [-0.2, -0.15) is 15.0 Å². The second-order valence-electron chi connectivity index (χ2n) is 3.99. The molecule has 0 amide bonds. The maximum Gasteiger partial charge on any atom is 0.323 e. The van der Waals surface area contributed by atoms with E-state index in [2.05, 4.69) is 30.7 Å². The normalized spacial score (nSPS) is 10.3. The third-order valence-corrected chi connectivity index (χ3v) is 2.30. The van der Waals surface area contributed by atoms with Gasteiger partial charge in [-0.15, -0.1) is 0 Å². The number of ether oxygens (including phenoxy) is 1. The van der Waals surface area contributed by atoms with Crippen molar-refractivity contribution in [3.05, 3.63) is 18.0 Å². The lowest BCUT2D eigenvalue weighted by molar-refractivity contribution is 0.292. The Morgan fingerprint density at radius 2 is 1.95 bits per heavy atom. The Hall–Kier alpha value is -2.38. The van der Waals surface area contributed by atoms with E-state index >= 15 is 0 Å². The monoisotopic (exact) mass is 278 g/mol. The van der Waals surface area contributed by atoms with Gasteiger partial charge in [-0.05, 0) is 13.3 Å². The van der Waals surface area contributed by atoms with Crippen molar-refractivity contribution in [2.24, 2.45) is 0 Å². The Labute approximate surface area is 117 Å². The molecular weight excluding hydrogens is 260 g/mol. The zero-order valence-corrected chi connectivity index (χ0v) is 11.6. The van der Waals surface area contributed by atoms with Crippen molar-refractivity contribution in [1.82, 2.24) is 20.1 Å². The van der Waals surface area contributed by atoms with E-state index in [0.717, 1.165) is 18.7 Å². The fourth-order valence-corrected chi connectivity index (χ4v) is 1.43. The quantitative estimate of drug-likeness (QED) is 0.752. The highest BCUT2D eigenvalue weighted by molar-refractivity contribution is 5.36. The van der Waals surface area contributed by atoms with E-state index in [1.807, 2.05) is 13.8 Å². The van der Waals surface area contributed by atoms with Gasteiger partial charge in [-0.1, -0.05) is 12.1 Å². The van der Waals surface area contributed by atoms with Gasteiger partial charge in [0.15, 0.2) is 0 Å². The van der Waals surface area contributed by atoms with Crippen LogP contribution >= 0.6 is 0 Å². The predicted octanol–water partition coefficient (Wildman–Crippen LogP) is 1.69. The highest BCUT2D eigenvalue weighted by Gasteiger charge is 2.07. The molecule has 0 spiro atoms. The van der Waals surface area contributed by atoms with Gasteiger partial charge in [0.2, 0.25) is 11.9 Å². The van der Waals surface area contributed by atoms with Crippen LogP contribution < -0.4 is 15.4 Å². The summed E-state index contributed by atoms with van der Waals surface area (Å²) >= 11 is 0. The summed E-state index contributed by atoms with van der Waals surface area (Å²) in [5, 5.41) is 9.91. The van der Waals surface area contributed by atoms with Crippen LogP contribution in [0.25, 0.3) is 0 Å². The van der Waals surface area contributed by atoms with Crippen LogP contribution in [-0.4, -0.2) is 33.3 Å². The molecule has 0 atom stereocenters. The Kier molecular flexibility index (Phi) is 5.10. The average Bonchev–Trinajstić information content (AvgIpc) is 2.96. The molecule has 20 heavy (non-hydrogen) atoms. The number of hydrogen-bond donors (Lipinski definition) is 2. The Morgan fingerprint density at radius 1 is 1.15 bits per heavy atom. The van der Waals surface area contributed by atoms with Gasteiger partial charge in [0.1, 0.15) is 12.0 Å². The van der Waals surface area contributed by atoms with Crippen LogP contribution in [-0.2, 0) is 6.54 Å². The minimum Gasteiger partial charge on any atom is -0.463 e. The first kappa shape index (κ1) is 14.0.